The van der Waals surface area contributed by atoms with Gasteiger partial charge in [0.2, 0.25) is 0 Å². The number of hydrogen-bond acceptors (Lipinski definition) is 4. The van der Waals surface area contributed by atoms with E-state index in [2.05, 4.69) is 6.92 Å². The van der Waals surface area contributed by atoms with Crippen molar-refractivity contribution in [2.45, 2.75) is 52.0 Å². The predicted molar refractivity (Wildman–Crippen MR) is 98.9 cm³/mol. The molecule has 0 fully saturated rings. The lowest BCUT2D eigenvalue weighted by atomic mass is 10.1. The maximum atomic E-state index is 12.3. The maximum absolute atomic E-state index is 12.3. The fourth-order valence-corrected chi connectivity index (χ4v) is 2.54. The summed E-state index contributed by atoms with van der Waals surface area (Å²) in [6.07, 6.45) is 6.96. The van der Waals surface area contributed by atoms with Crippen LogP contribution in [0, 0.1) is 0 Å². The third-order valence-electron chi connectivity index (χ3n) is 4.13. The van der Waals surface area contributed by atoms with Crippen molar-refractivity contribution in [1.82, 2.24) is 0 Å². The van der Waals surface area contributed by atoms with E-state index in [1.807, 2.05) is 0 Å². The smallest absolute Gasteiger partial charge is 0.337 e. The molecule has 0 aliphatic carbocycles. The largest absolute Gasteiger partial charge is 0.478 e. The van der Waals surface area contributed by atoms with Gasteiger partial charge in [0.25, 0.3) is 5.91 Å². The molecular formula is C19H30N2O4. The Hall–Kier alpha value is -1.92. The summed E-state index contributed by atoms with van der Waals surface area (Å²) in [6.45, 7) is 2.95. The van der Waals surface area contributed by atoms with Gasteiger partial charge in [0.15, 0.2) is 0 Å². The summed E-state index contributed by atoms with van der Waals surface area (Å²) >= 11 is 0. The molecule has 0 atom stereocenters. The van der Waals surface area contributed by atoms with Crippen LogP contribution < -0.4 is 10.6 Å². The van der Waals surface area contributed by atoms with E-state index in [-0.39, 0.29) is 24.6 Å². The number of benzene rings is 1. The number of carbonyl (C=O) groups excluding carboxylic acids is 1. The lowest BCUT2D eigenvalue weighted by Crippen LogP contribution is -2.31. The monoisotopic (exact) mass is 350 g/mol. The highest BCUT2D eigenvalue weighted by Gasteiger charge is 2.18. The summed E-state index contributed by atoms with van der Waals surface area (Å²) in [4.78, 5) is 24.9. The Kier molecular flexibility index (Phi) is 9.80. The summed E-state index contributed by atoms with van der Waals surface area (Å²) in [7, 11) is 1.55. The second-order valence-corrected chi connectivity index (χ2v) is 6.13. The molecule has 25 heavy (non-hydrogen) atoms. The molecule has 0 heterocycles. The van der Waals surface area contributed by atoms with E-state index in [1.165, 1.54) is 36.6 Å². The average molecular weight is 350 g/mol. The van der Waals surface area contributed by atoms with Crippen LogP contribution in [-0.2, 0) is 16.1 Å². The molecular weight excluding hydrogens is 320 g/mol. The van der Waals surface area contributed by atoms with Crippen molar-refractivity contribution in [1.29, 1.82) is 0 Å². The van der Waals surface area contributed by atoms with Crippen molar-refractivity contribution in [2.24, 2.45) is 5.73 Å². The second-order valence-electron chi connectivity index (χ2n) is 6.13. The molecule has 0 unspecified atom stereocenters. The number of amides is 1. The molecule has 6 heteroatoms. The van der Waals surface area contributed by atoms with Crippen LogP contribution in [0.1, 0.15) is 61.4 Å². The minimum Gasteiger partial charge on any atom is -0.478 e. The fourth-order valence-electron chi connectivity index (χ4n) is 2.54. The number of likely N-dealkylation sites (N-methyl/N-ethyl adjacent to an activating group) is 1. The van der Waals surface area contributed by atoms with Gasteiger partial charge in [-0.25, -0.2) is 4.79 Å². The molecule has 0 spiro atoms. The highest BCUT2D eigenvalue weighted by molar-refractivity contribution is 6.02. The van der Waals surface area contributed by atoms with Crippen LogP contribution in [0.15, 0.2) is 18.2 Å². The molecule has 1 aromatic carbocycles. The first-order valence-corrected chi connectivity index (χ1v) is 8.91. The number of anilines is 1. The van der Waals surface area contributed by atoms with Crippen LogP contribution in [0.3, 0.4) is 0 Å². The van der Waals surface area contributed by atoms with Crippen molar-refractivity contribution >= 4 is 17.6 Å². The first-order valence-electron chi connectivity index (χ1n) is 8.91. The van der Waals surface area contributed by atoms with Crippen LogP contribution in [0.5, 0.6) is 0 Å². The number of ether oxygens (including phenoxy) is 1. The molecule has 0 aliphatic heterocycles. The minimum atomic E-state index is -1.08. The van der Waals surface area contributed by atoms with Crippen LogP contribution in [0.4, 0.5) is 5.69 Å². The van der Waals surface area contributed by atoms with Gasteiger partial charge in [-0.2, -0.15) is 0 Å². The summed E-state index contributed by atoms with van der Waals surface area (Å²) in [5.74, 6) is -1.35. The van der Waals surface area contributed by atoms with Gasteiger partial charge in [0, 0.05) is 20.2 Å². The van der Waals surface area contributed by atoms with Crippen LogP contribution in [-0.4, -0.2) is 37.2 Å². The van der Waals surface area contributed by atoms with Crippen molar-refractivity contribution in [3.8, 4) is 0 Å². The van der Waals surface area contributed by atoms with Gasteiger partial charge in [-0.15, -0.1) is 0 Å². The molecule has 1 rings (SSSR count). The Bertz CT molecular complexity index is 560. The number of carbonyl (C=O) groups is 2. The molecule has 1 amide bonds. The van der Waals surface area contributed by atoms with Gasteiger partial charge in [0.1, 0.15) is 6.61 Å². The van der Waals surface area contributed by atoms with E-state index in [0.717, 1.165) is 18.4 Å². The predicted octanol–water partition coefficient (Wildman–Crippen LogP) is 3.18. The number of carboxylic acid groups (broad SMARTS) is 1. The maximum Gasteiger partial charge on any atom is 0.337 e. The number of hydrogen-bond donors (Lipinski definition) is 2. The van der Waals surface area contributed by atoms with Crippen molar-refractivity contribution < 1.29 is 19.4 Å². The number of nitrogens with zero attached hydrogens (tertiary/aromatic N) is 1. The third-order valence-corrected chi connectivity index (χ3v) is 4.13. The number of unbranched alkanes of at least 4 members (excludes halogenated alkanes) is 5. The number of aromatic carboxylic acids is 1. The molecule has 0 aliphatic rings. The number of nitrogens with two attached hydrogens (primary N) is 1. The first kappa shape index (κ1) is 21.1. The molecule has 0 saturated heterocycles. The Morgan fingerprint density at radius 1 is 1.16 bits per heavy atom. The third kappa shape index (κ3) is 7.23. The topological polar surface area (TPSA) is 92.9 Å². The highest BCUT2D eigenvalue weighted by atomic mass is 16.5. The molecule has 1 aromatic rings. The van der Waals surface area contributed by atoms with Crippen molar-refractivity contribution in [3.05, 3.63) is 29.3 Å². The van der Waals surface area contributed by atoms with Crippen LogP contribution >= 0.6 is 0 Å². The molecule has 0 saturated carbocycles. The normalized spacial score (nSPS) is 10.7. The van der Waals surface area contributed by atoms with Crippen molar-refractivity contribution in [3.63, 3.8) is 0 Å². The summed E-state index contributed by atoms with van der Waals surface area (Å²) in [5.41, 5.74) is 6.78. The van der Waals surface area contributed by atoms with Gasteiger partial charge in [-0.05, 0) is 24.1 Å². The van der Waals surface area contributed by atoms with Gasteiger partial charge < -0.3 is 20.5 Å². The van der Waals surface area contributed by atoms with E-state index >= 15 is 0 Å². The number of rotatable bonds is 12. The molecule has 140 valence electrons. The van der Waals surface area contributed by atoms with Gasteiger partial charge >= 0.3 is 5.97 Å². The molecule has 0 radical (unpaired) electrons. The summed E-state index contributed by atoms with van der Waals surface area (Å²) < 4.78 is 5.44. The Labute approximate surface area is 150 Å². The van der Waals surface area contributed by atoms with Gasteiger partial charge in [-0.1, -0.05) is 45.1 Å². The molecule has 6 nitrogen and oxygen atoms in total. The molecule has 3 N–H and O–H groups in total. The summed E-state index contributed by atoms with van der Waals surface area (Å²) in [6, 6.07) is 4.76. The summed E-state index contributed by atoms with van der Waals surface area (Å²) in [5, 5.41) is 9.29. The van der Waals surface area contributed by atoms with E-state index < -0.39 is 5.97 Å². The Morgan fingerprint density at radius 3 is 2.48 bits per heavy atom. The minimum absolute atomic E-state index is 0.0582. The van der Waals surface area contributed by atoms with Gasteiger partial charge in [-0.3, -0.25) is 4.79 Å². The van der Waals surface area contributed by atoms with E-state index in [9.17, 15) is 14.7 Å². The zero-order valence-electron chi connectivity index (χ0n) is 15.3. The number of carboxylic acids is 1. The fraction of sp³-hybridized carbons (Fsp3) is 0.579. The standard InChI is InChI=1S/C19H30N2O4/c1-3-4-5-6-7-8-11-25-14-18(22)21(2)17-12-15(13-20)9-10-16(17)19(23)24/h9-10,12H,3-8,11,13-14,20H2,1-2H3,(H,23,24). The zero-order chi connectivity index (χ0) is 18.7. The molecule has 0 aromatic heterocycles. The quantitative estimate of drug-likeness (QED) is 0.565. The lowest BCUT2D eigenvalue weighted by Gasteiger charge is -2.20. The average Bonchev–Trinajstić information content (AvgIpc) is 2.62. The zero-order valence-corrected chi connectivity index (χ0v) is 15.3. The van der Waals surface area contributed by atoms with Crippen LogP contribution in [0.25, 0.3) is 0 Å². The van der Waals surface area contributed by atoms with E-state index in [4.69, 9.17) is 10.5 Å². The Morgan fingerprint density at radius 2 is 1.84 bits per heavy atom. The highest BCUT2D eigenvalue weighted by Crippen LogP contribution is 2.22. The van der Waals surface area contributed by atoms with Crippen LogP contribution in [0.2, 0.25) is 0 Å². The first-order chi connectivity index (χ1) is 12.0. The Balaban J connectivity index is 2.49. The van der Waals surface area contributed by atoms with E-state index in [0.29, 0.717) is 12.3 Å². The van der Waals surface area contributed by atoms with Crippen molar-refractivity contribution in [2.75, 3.05) is 25.2 Å². The van der Waals surface area contributed by atoms with Gasteiger partial charge in [0.05, 0.1) is 11.3 Å². The molecule has 0 bridgehead atoms. The SMILES string of the molecule is CCCCCCCCOCC(=O)N(C)c1cc(CN)ccc1C(=O)O. The second kappa shape index (κ2) is 11.6. The lowest BCUT2D eigenvalue weighted by molar-refractivity contribution is -0.122. The van der Waals surface area contributed by atoms with E-state index in [1.54, 1.807) is 19.2 Å².